The van der Waals surface area contributed by atoms with Crippen LogP contribution in [0.4, 0.5) is 0 Å². The Morgan fingerprint density at radius 2 is 2.25 bits per heavy atom. The fourth-order valence-corrected chi connectivity index (χ4v) is 3.33. The number of rotatable bonds is 5. The molecule has 0 amide bonds. The Morgan fingerprint density at radius 3 is 2.96 bits per heavy atom. The summed E-state index contributed by atoms with van der Waals surface area (Å²) in [6, 6.07) is 3.29. The number of hydrogen-bond donors (Lipinski definition) is 0. The molecule has 1 aliphatic heterocycles. The van der Waals surface area contributed by atoms with Crippen LogP contribution >= 0.6 is 0 Å². The first-order valence-corrected chi connectivity index (χ1v) is 8.39. The number of carbonyl (C=O) groups is 1. The molecule has 4 rings (SSSR count). The summed E-state index contributed by atoms with van der Waals surface area (Å²) in [5.41, 5.74) is 0.843. The molecular formula is C17H21N5O2. The smallest absolute Gasteiger partial charge is 0.327 e. The number of ether oxygens (including phenoxy) is 1. The number of nitrogens with zero attached hydrogens (tertiary/aromatic N) is 5. The average molecular weight is 327 g/mol. The minimum Gasteiger partial charge on any atom is -0.468 e. The highest BCUT2D eigenvalue weighted by Gasteiger charge is 2.33. The van der Waals surface area contributed by atoms with E-state index in [1.54, 1.807) is 12.4 Å². The van der Waals surface area contributed by atoms with E-state index in [1.165, 1.54) is 20.0 Å². The van der Waals surface area contributed by atoms with Crippen molar-refractivity contribution in [1.82, 2.24) is 24.6 Å². The van der Waals surface area contributed by atoms with Crippen molar-refractivity contribution in [3.8, 4) is 0 Å². The minimum absolute atomic E-state index is 0.269. The number of hydrogen-bond acceptors (Lipinski definition) is 6. The largest absolute Gasteiger partial charge is 0.468 e. The third-order valence-corrected chi connectivity index (χ3v) is 4.82. The van der Waals surface area contributed by atoms with Crippen LogP contribution in [-0.4, -0.2) is 44.3 Å². The monoisotopic (exact) mass is 327 g/mol. The van der Waals surface area contributed by atoms with Gasteiger partial charge in [-0.25, -0.2) is 4.79 Å². The van der Waals surface area contributed by atoms with E-state index in [4.69, 9.17) is 4.74 Å². The van der Waals surface area contributed by atoms with Crippen LogP contribution in [0.15, 0.2) is 24.5 Å². The van der Waals surface area contributed by atoms with Crippen LogP contribution in [-0.2, 0) is 29.0 Å². The van der Waals surface area contributed by atoms with E-state index in [0.29, 0.717) is 6.54 Å². The molecule has 0 saturated heterocycles. The van der Waals surface area contributed by atoms with Gasteiger partial charge in [0.05, 0.1) is 13.7 Å². The Labute approximate surface area is 140 Å². The normalized spacial score (nSPS) is 18.9. The average Bonchev–Trinajstić information content (AvgIpc) is 3.35. The van der Waals surface area contributed by atoms with E-state index >= 15 is 0 Å². The molecule has 7 nitrogen and oxygen atoms in total. The van der Waals surface area contributed by atoms with Gasteiger partial charge in [0, 0.05) is 31.9 Å². The lowest BCUT2D eigenvalue weighted by Crippen LogP contribution is -2.40. The Morgan fingerprint density at radius 1 is 1.38 bits per heavy atom. The number of carbonyl (C=O) groups excluding carboxylic acids is 1. The van der Waals surface area contributed by atoms with E-state index in [1.807, 2.05) is 12.1 Å². The van der Waals surface area contributed by atoms with E-state index in [0.717, 1.165) is 42.6 Å². The van der Waals surface area contributed by atoms with Gasteiger partial charge in [0.1, 0.15) is 17.7 Å². The highest BCUT2D eigenvalue weighted by atomic mass is 16.5. The van der Waals surface area contributed by atoms with Gasteiger partial charge in [-0.3, -0.25) is 9.88 Å². The van der Waals surface area contributed by atoms with Gasteiger partial charge in [-0.1, -0.05) is 6.07 Å². The molecule has 3 heterocycles. The summed E-state index contributed by atoms with van der Waals surface area (Å²) in [5, 5.41) is 8.72. The molecule has 1 fully saturated rings. The second kappa shape index (κ2) is 6.32. The lowest BCUT2D eigenvalue weighted by Gasteiger charge is -2.33. The van der Waals surface area contributed by atoms with E-state index in [-0.39, 0.29) is 5.97 Å². The zero-order valence-electron chi connectivity index (χ0n) is 13.8. The van der Waals surface area contributed by atoms with Gasteiger partial charge in [-0.15, -0.1) is 10.2 Å². The van der Waals surface area contributed by atoms with E-state index in [9.17, 15) is 4.79 Å². The summed E-state index contributed by atoms with van der Waals surface area (Å²) in [7, 11) is 1.42. The maximum Gasteiger partial charge on any atom is 0.327 e. The molecule has 2 aromatic heterocycles. The fraction of sp³-hybridized carbons (Fsp3) is 0.529. The van der Waals surface area contributed by atoms with Gasteiger partial charge < -0.3 is 9.30 Å². The third kappa shape index (κ3) is 2.91. The lowest BCUT2D eigenvalue weighted by atomic mass is 10.1. The maximum atomic E-state index is 12.3. The minimum atomic E-state index is -0.457. The molecule has 1 unspecified atom stereocenters. The lowest BCUT2D eigenvalue weighted by molar-refractivity contribution is -0.148. The first kappa shape index (κ1) is 15.3. The third-order valence-electron chi connectivity index (χ3n) is 4.82. The molecule has 7 heteroatoms. The van der Waals surface area contributed by atoms with Crippen LogP contribution in [0.25, 0.3) is 0 Å². The highest BCUT2D eigenvalue weighted by molar-refractivity contribution is 5.77. The summed E-state index contributed by atoms with van der Waals surface area (Å²) in [5.74, 6) is 2.53. The van der Waals surface area contributed by atoms with Crippen molar-refractivity contribution in [2.45, 2.75) is 38.4 Å². The summed E-state index contributed by atoms with van der Waals surface area (Å²) < 4.78 is 7.24. The van der Waals surface area contributed by atoms with E-state index in [2.05, 4.69) is 24.6 Å². The van der Waals surface area contributed by atoms with Crippen LogP contribution < -0.4 is 0 Å². The van der Waals surface area contributed by atoms with Crippen LogP contribution in [0.1, 0.15) is 36.1 Å². The molecule has 0 radical (unpaired) electrons. The van der Waals surface area contributed by atoms with Crippen LogP contribution in [0.5, 0.6) is 0 Å². The van der Waals surface area contributed by atoms with Gasteiger partial charge in [-0.05, 0) is 30.4 Å². The molecule has 1 aliphatic carbocycles. The summed E-state index contributed by atoms with van der Waals surface area (Å²) >= 11 is 0. The van der Waals surface area contributed by atoms with Crippen molar-refractivity contribution in [3.05, 3.63) is 41.7 Å². The van der Waals surface area contributed by atoms with E-state index < -0.39 is 6.04 Å². The first-order chi connectivity index (χ1) is 11.8. The standard InChI is InChI=1S/C17H21N5O2/c1-24-17(23)16(13-3-2-6-18-10-13)21-7-8-22-14(9-12-4-5-12)19-20-15(22)11-21/h2-3,6,10,12,16H,4-5,7-9,11H2,1H3. The van der Waals surface area contributed by atoms with Gasteiger partial charge in [0.15, 0.2) is 0 Å². The fourth-order valence-electron chi connectivity index (χ4n) is 3.33. The predicted octanol–water partition coefficient (Wildman–Crippen LogP) is 1.36. The zero-order chi connectivity index (χ0) is 16.5. The first-order valence-electron chi connectivity index (χ1n) is 8.39. The van der Waals surface area contributed by atoms with Gasteiger partial charge >= 0.3 is 5.97 Å². The van der Waals surface area contributed by atoms with Crippen molar-refractivity contribution in [3.63, 3.8) is 0 Å². The van der Waals surface area contributed by atoms with Gasteiger partial charge in [0.2, 0.25) is 0 Å². The van der Waals surface area contributed by atoms with Crippen LogP contribution in [0, 0.1) is 5.92 Å². The van der Waals surface area contributed by atoms with Crippen molar-refractivity contribution in [2.75, 3.05) is 13.7 Å². The van der Waals surface area contributed by atoms with Crippen molar-refractivity contribution >= 4 is 5.97 Å². The molecule has 2 aromatic rings. The SMILES string of the molecule is COC(=O)C(c1cccnc1)N1CCn2c(CC3CC3)nnc2C1. The second-order valence-corrected chi connectivity index (χ2v) is 6.51. The summed E-state index contributed by atoms with van der Waals surface area (Å²) in [4.78, 5) is 18.6. The number of aromatic nitrogens is 4. The molecule has 0 bridgehead atoms. The Hall–Kier alpha value is -2.28. The molecule has 0 spiro atoms. The van der Waals surface area contributed by atoms with Crippen molar-refractivity contribution < 1.29 is 9.53 Å². The molecular weight excluding hydrogens is 306 g/mol. The number of methoxy groups -OCH3 is 1. The molecule has 0 aromatic carbocycles. The Bertz CT molecular complexity index is 726. The Balaban J connectivity index is 1.57. The Kier molecular flexibility index (Phi) is 4.02. The van der Waals surface area contributed by atoms with Gasteiger partial charge in [-0.2, -0.15) is 0 Å². The molecule has 0 N–H and O–H groups in total. The van der Waals surface area contributed by atoms with Gasteiger partial charge in [0.25, 0.3) is 0 Å². The molecule has 2 aliphatic rings. The predicted molar refractivity (Wildman–Crippen MR) is 85.9 cm³/mol. The van der Waals surface area contributed by atoms with Crippen LogP contribution in [0.3, 0.4) is 0 Å². The number of esters is 1. The summed E-state index contributed by atoms with van der Waals surface area (Å²) in [6.07, 6.45) is 7.06. The molecule has 24 heavy (non-hydrogen) atoms. The molecule has 1 atom stereocenters. The van der Waals surface area contributed by atoms with Crippen molar-refractivity contribution in [2.24, 2.45) is 5.92 Å². The highest BCUT2D eigenvalue weighted by Crippen LogP contribution is 2.33. The number of fused-ring (bicyclic) bond motifs is 1. The summed E-state index contributed by atoms with van der Waals surface area (Å²) in [6.45, 7) is 2.15. The second-order valence-electron chi connectivity index (χ2n) is 6.51. The van der Waals surface area contributed by atoms with Crippen molar-refractivity contribution in [1.29, 1.82) is 0 Å². The maximum absolute atomic E-state index is 12.3. The molecule has 1 saturated carbocycles. The quantitative estimate of drug-likeness (QED) is 0.772. The van der Waals surface area contributed by atoms with Crippen LogP contribution in [0.2, 0.25) is 0 Å². The molecule has 126 valence electrons. The topological polar surface area (TPSA) is 73.1 Å². The zero-order valence-corrected chi connectivity index (χ0v) is 13.8. The number of pyridine rings is 1.